The number of aliphatic hydroxyl groups is 1. The fourth-order valence-electron chi connectivity index (χ4n) is 3.08. The van der Waals surface area contributed by atoms with E-state index in [1.165, 1.54) is 12.1 Å². The highest BCUT2D eigenvalue weighted by atomic mass is 19.1. The molecule has 0 spiro atoms. The normalized spacial score (nSPS) is 18.4. The Bertz CT molecular complexity index is 781. The number of rotatable bonds is 10. The van der Waals surface area contributed by atoms with Gasteiger partial charge in [-0.05, 0) is 60.7 Å². The highest BCUT2D eigenvalue weighted by molar-refractivity contribution is 5.63. The van der Waals surface area contributed by atoms with E-state index in [2.05, 4.69) is 0 Å². The molecule has 1 aliphatic carbocycles. The van der Waals surface area contributed by atoms with Crippen LogP contribution >= 0.6 is 0 Å². The standard InChI is InChI=1S/C24H27FO3/c25-22-12-8-20(9-13-22)21-10-14-23(15-11-21)27-18-6-1-2-7-19-28-24(26)16-4-3-5-17-24/h3-5,8-16,26H,1-2,6-7,17-19H2. The lowest BCUT2D eigenvalue weighted by Gasteiger charge is -2.25. The molecule has 0 fully saturated rings. The van der Waals surface area contributed by atoms with E-state index in [0.29, 0.717) is 19.6 Å². The summed E-state index contributed by atoms with van der Waals surface area (Å²) >= 11 is 0. The molecule has 0 radical (unpaired) electrons. The first kappa shape index (κ1) is 20.3. The molecule has 0 bridgehead atoms. The Labute approximate surface area is 166 Å². The third-order valence-electron chi connectivity index (χ3n) is 4.71. The van der Waals surface area contributed by atoms with Crippen molar-refractivity contribution in [2.24, 2.45) is 0 Å². The van der Waals surface area contributed by atoms with Gasteiger partial charge in [0, 0.05) is 6.42 Å². The van der Waals surface area contributed by atoms with Crippen LogP contribution in [-0.4, -0.2) is 24.1 Å². The van der Waals surface area contributed by atoms with Crippen molar-refractivity contribution in [3.05, 3.63) is 78.7 Å². The van der Waals surface area contributed by atoms with Crippen molar-refractivity contribution in [2.45, 2.75) is 37.9 Å². The maximum atomic E-state index is 13.0. The lowest BCUT2D eigenvalue weighted by atomic mass is 10.1. The first-order valence-electron chi connectivity index (χ1n) is 9.84. The highest BCUT2D eigenvalue weighted by Gasteiger charge is 2.23. The van der Waals surface area contributed by atoms with Crippen molar-refractivity contribution in [1.82, 2.24) is 0 Å². The van der Waals surface area contributed by atoms with E-state index >= 15 is 0 Å². The van der Waals surface area contributed by atoms with Crippen LogP contribution in [0.5, 0.6) is 5.75 Å². The Morgan fingerprint density at radius 3 is 2.11 bits per heavy atom. The number of unbranched alkanes of at least 4 members (excludes halogenated alkanes) is 3. The molecule has 0 saturated heterocycles. The first-order chi connectivity index (χ1) is 13.6. The van der Waals surface area contributed by atoms with Crippen LogP contribution in [0.25, 0.3) is 11.1 Å². The van der Waals surface area contributed by atoms with Crippen LogP contribution in [0.3, 0.4) is 0 Å². The van der Waals surface area contributed by atoms with Crippen molar-refractivity contribution in [3.8, 4) is 16.9 Å². The molecule has 2 aromatic rings. The van der Waals surface area contributed by atoms with E-state index in [-0.39, 0.29) is 5.82 Å². The summed E-state index contributed by atoms with van der Waals surface area (Å²) in [5, 5.41) is 10.1. The Morgan fingerprint density at radius 2 is 1.46 bits per heavy atom. The summed E-state index contributed by atoms with van der Waals surface area (Å²) in [4.78, 5) is 0. The van der Waals surface area contributed by atoms with Gasteiger partial charge in [-0.1, -0.05) is 48.9 Å². The van der Waals surface area contributed by atoms with Crippen molar-refractivity contribution in [2.75, 3.05) is 13.2 Å². The Morgan fingerprint density at radius 1 is 0.821 bits per heavy atom. The monoisotopic (exact) mass is 382 g/mol. The quantitative estimate of drug-likeness (QED) is 0.426. The fourth-order valence-corrected chi connectivity index (χ4v) is 3.08. The number of hydrogen-bond acceptors (Lipinski definition) is 3. The molecule has 2 aromatic carbocycles. The number of allylic oxidation sites excluding steroid dienone is 2. The molecule has 0 aliphatic heterocycles. The molecule has 1 unspecified atom stereocenters. The SMILES string of the molecule is OC1(OCCCCCCOc2ccc(-c3ccc(F)cc3)cc2)C=CC=CC1. The molecule has 4 heteroatoms. The molecular weight excluding hydrogens is 355 g/mol. The topological polar surface area (TPSA) is 38.7 Å². The van der Waals surface area contributed by atoms with Gasteiger partial charge in [0.05, 0.1) is 13.2 Å². The van der Waals surface area contributed by atoms with E-state index in [9.17, 15) is 9.50 Å². The Balaban J connectivity index is 1.27. The van der Waals surface area contributed by atoms with Crippen molar-refractivity contribution in [1.29, 1.82) is 0 Å². The molecule has 3 rings (SSSR count). The predicted octanol–water partition coefficient (Wildman–Crippen LogP) is 5.65. The van der Waals surface area contributed by atoms with Gasteiger partial charge in [0.1, 0.15) is 11.6 Å². The predicted molar refractivity (Wildman–Crippen MR) is 110 cm³/mol. The van der Waals surface area contributed by atoms with Crippen LogP contribution in [0.1, 0.15) is 32.1 Å². The lowest BCUT2D eigenvalue weighted by molar-refractivity contribution is -0.165. The van der Waals surface area contributed by atoms with Gasteiger partial charge in [-0.15, -0.1) is 0 Å². The maximum absolute atomic E-state index is 13.0. The van der Waals surface area contributed by atoms with Crippen molar-refractivity contribution >= 4 is 0 Å². The summed E-state index contributed by atoms with van der Waals surface area (Å²) in [6, 6.07) is 14.3. The van der Waals surface area contributed by atoms with Crippen LogP contribution < -0.4 is 4.74 Å². The summed E-state index contributed by atoms with van der Waals surface area (Å²) in [6.07, 6.45) is 11.8. The van der Waals surface area contributed by atoms with Crippen LogP contribution in [0.15, 0.2) is 72.8 Å². The summed E-state index contributed by atoms with van der Waals surface area (Å²) in [5.74, 6) is -0.513. The van der Waals surface area contributed by atoms with Gasteiger partial charge in [0.2, 0.25) is 0 Å². The lowest BCUT2D eigenvalue weighted by Crippen LogP contribution is -2.30. The number of halogens is 1. The second-order valence-electron chi connectivity index (χ2n) is 6.98. The van der Waals surface area contributed by atoms with Gasteiger partial charge in [-0.25, -0.2) is 4.39 Å². The zero-order valence-electron chi connectivity index (χ0n) is 16.0. The number of ether oxygens (including phenoxy) is 2. The number of hydrogen-bond donors (Lipinski definition) is 1. The van der Waals surface area contributed by atoms with Crippen LogP contribution in [0.2, 0.25) is 0 Å². The molecule has 28 heavy (non-hydrogen) atoms. The first-order valence-corrected chi connectivity index (χ1v) is 9.84. The van der Waals surface area contributed by atoms with E-state index in [1.807, 2.05) is 42.5 Å². The largest absolute Gasteiger partial charge is 0.494 e. The molecule has 148 valence electrons. The van der Waals surface area contributed by atoms with E-state index in [4.69, 9.17) is 9.47 Å². The molecule has 0 amide bonds. The van der Waals surface area contributed by atoms with Gasteiger partial charge in [-0.2, -0.15) is 0 Å². The Hall–Kier alpha value is -2.43. The molecule has 3 nitrogen and oxygen atoms in total. The summed E-state index contributed by atoms with van der Waals surface area (Å²) < 4.78 is 24.3. The van der Waals surface area contributed by atoms with Crippen LogP contribution in [-0.2, 0) is 4.74 Å². The van der Waals surface area contributed by atoms with Gasteiger partial charge in [-0.3, -0.25) is 0 Å². The average Bonchev–Trinajstić information content (AvgIpc) is 2.72. The van der Waals surface area contributed by atoms with E-state index in [1.54, 1.807) is 18.2 Å². The summed E-state index contributed by atoms with van der Waals surface area (Å²) in [5.41, 5.74) is 2.02. The second-order valence-corrected chi connectivity index (χ2v) is 6.98. The molecule has 1 atom stereocenters. The summed E-state index contributed by atoms with van der Waals surface area (Å²) in [7, 11) is 0. The van der Waals surface area contributed by atoms with Crippen molar-refractivity contribution in [3.63, 3.8) is 0 Å². The van der Waals surface area contributed by atoms with Gasteiger partial charge in [0.15, 0.2) is 5.79 Å². The average molecular weight is 382 g/mol. The van der Waals surface area contributed by atoms with Gasteiger partial charge >= 0.3 is 0 Å². The fraction of sp³-hybridized carbons (Fsp3) is 0.333. The highest BCUT2D eigenvalue weighted by Crippen LogP contribution is 2.23. The number of benzene rings is 2. The van der Waals surface area contributed by atoms with Gasteiger partial charge in [0.25, 0.3) is 0 Å². The third kappa shape index (κ3) is 6.32. The molecule has 0 saturated carbocycles. The third-order valence-corrected chi connectivity index (χ3v) is 4.71. The van der Waals surface area contributed by atoms with Crippen molar-refractivity contribution < 1.29 is 19.0 Å². The second kappa shape index (κ2) is 10.2. The molecule has 0 heterocycles. The molecule has 0 aromatic heterocycles. The zero-order valence-corrected chi connectivity index (χ0v) is 16.0. The maximum Gasteiger partial charge on any atom is 0.189 e. The zero-order chi connectivity index (χ0) is 19.7. The van der Waals surface area contributed by atoms with E-state index in [0.717, 1.165) is 42.6 Å². The molecule has 1 aliphatic rings. The van der Waals surface area contributed by atoms with E-state index < -0.39 is 5.79 Å². The Kier molecular flexibility index (Phi) is 7.40. The minimum atomic E-state index is -1.13. The molecular formula is C24H27FO3. The van der Waals surface area contributed by atoms with Crippen LogP contribution in [0.4, 0.5) is 4.39 Å². The smallest absolute Gasteiger partial charge is 0.189 e. The summed E-state index contributed by atoms with van der Waals surface area (Å²) in [6.45, 7) is 1.23. The minimum Gasteiger partial charge on any atom is -0.494 e. The van der Waals surface area contributed by atoms with Crippen LogP contribution in [0, 0.1) is 5.82 Å². The minimum absolute atomic E-state index is 0.228. The van der Waals surface area contributed by atoms with Gasteiger partial charge < -0.3 is 14.6 Å². The molecule has 1 N–H and O–H groups in total.